The molecule has 0 saturated heterocycles. The number of unbranched alkanes of at least 4 members (excludes halogenated alkanes) is 10. The largest absolute Gasteiger partial charge is 0.463 e. The van der Waals surface area contributed by atoms with Crippen molar-refractivity contribution in [2.24, 2.45) is 5.92 Å². The fourth-order valence-electron chi connectivity index (χ4n) is 3.99. The van der Waals surface area contributed by atoms with Crippen molar-refractivity contribution in [3.8, 4) is 0 Å². The van der Waals surface area contributed by atoms with Crippen LogP contribution in [0.3, 0.4) is 0 Å². The molecule has 0 amide bonds. The zero-order valence-corrected chi connectivity index (χ0v) is 24.5. The Hall–Kier alpha value is -0.660. The molecule has 0 fully saturated rings. The van der Waals surface area contributed by atoms with Crippen LogP contribution >= 0.6 is 25.0 Å². The molecule has 34 heavy (non-hydrogen) atoms. The molecule has 0 heterocycles. The monoisotopic (exact) mass is 518 g/mol. The normalized spacial score (nSPS) is 12.7. The minimum absolute atomic E-state index is 0.101. The number of carbonyl (C=O) groups excluding carboxylic acids is 2. The predicted molar refractivity (Wildman–Crippen MR) is 149 cm³/mol. The van der Waals surface area contributed by atoms with Gasteiger partial charge >= 0.3 is 11.9 Å². The quantitative estimate of drug-likeness (QED) is 0.0591. The highest BCUT2D eigenvalue weighted by atomic mass is 32.1. The van der Waals surface area contributed by atoms with Crippen LogP contribution in [0.5, 0.6) is 0 Å². The van der Waals surface area contributed by atoms with E-state index in [2.05, 4.69) is 13.8 Å². The van der Waals surface area contributed by atoms with Gasteiger partial charge in [0.2, 0.25) is 4.99 Å². The van der Waals surface area contributed by atoms with Gasteiger partial charge in [-0.25, -0.2) is 3.89 Å². The lowest BCUT2D eigenvalue weighted by atomic mass is 10.0. The summed E-state index contributed by atoms with van der Waals surface area (Å²) in [5, 5.41) is 0. The van der Waals surface area contributed by atoms with Crippen molar-refractivity contribution in [2.75, 3.05) is 13.1 Å². The fourth-order valence-corrected chi connectivity index (χ4v) is 4.78. The second-order valence-corrected chi connectivity index (χ2v) is 11.2. The zero-order valence-electron chi connectivity index (χ0n) is 22.8. The van der Waals surface area contributed by atoms with Crippen LogP contribution in [0.4, 0.5) is 0 Å². The Kier molecular flexibility index (Phi) is 19.1. The third-order valence-corrected chi connectivity index (χ3v) is 7.23. The highest BCUT2D eigenvalue weighted by Crippen LogP contribution is 2.27. The molecule has 0 aromatic rings. The van der Waals surface area contributed by atoms with Crippen molar-refractivity contribution in [2.45, 2.75) is 137 Å². The number of thiol groups is 1. The molecule has 0 radical (unpaired) electrons. The van der Waals surface area contributed by atoms with Gasteiger partial charge in [0, 0.05) is 0 Å². The van der Waals surface area contributed by atoms with Crippen LogP contribution in [0.15, 0.2) is 0 Å². The molecule has 0 spiro atoms. The number of hydrogen-bond donors (Lipinski definition) is 1. The molecule has 200 valence electrons. The number of esters is 2. The first-order valence-corrected chi connectivity index (χ1v) is 14.4. The van der Waals surface area contributed by atoms with Gasteiger partial charge < -0.3 is 9.47 Å². The standard InChI is InChI=1S/C27H52NO4S2/c1-7-9-11-13-15-17-19-28(34,20-18-16-14-12-10-8-2)26(33)24(27(30)32-23(5)6)21-25(29)31-22(3)4/h22-24,34H,7-21H2,1-6H3/q+1. The number of ether oxygens (including phenoxy) is 2. The van der Waals surface area contributed by atoms with Crippen LogP contribution in [0.25, 0.3) is 0 Å². The van der Waals surface area contributed by atoms with Gasteiger partial charge in [0.1, 0.15) is 0 Å². The molecule has 0 bridgehead atoms. The molecule has 0 aliphatic heterocycles. The van der Waals surface area contributed by atoms with Crippen molar-refractivity contribution in [1.29, 1.82) is 0 Å². The summed E-state index contributed by atoms with van der Waals surface area (Å²) < 4.78 is 11.1. The third kappa shape index (κ3) is 15.4. The van der Waals surface area contributed by atoms with E-state index in [-0.39, 0.29) is 22.5 Å². The van der Waals surface area contributed by atoms with Crippen molar-refractivity contribution in [1.82, 2.24) is 0 Å². The van der Waals surface area contributed by atoms with Crippen LogP contribution in [0.2, 0.25) is 0 Å². The third-order valence-electron chi connectivity index (χ3n) is 5.85. The SMILES string of the molecule is CCCCCCCC[N+](S)(CCCCCCCC)C(=S)C(CC(=O)OC(C)C)C(=O)OC(C)C. The van der Waals surface area contributed by atoms with E-state index in [4.69, 9.17) is 34.5 Å². The smallest absolute Gasteiger partial charge is 0.320 e. The first-order chi connectivity index (χ1) is 16.1. The molecule has 0 aliphatic rings. The molecule has 0 N–H and O–H groups in total. The van der Waals surface area contributed by atoms with E-state index in [0.717, 1.165) is 38.8 Å². The van der Waals surface area contributed by atoms with Crippen molar-refractivity contribution in [3.63, 3.8) is 0 Å². The summed E-state index contributed by atoms with van der Waals surface area (Å²) in [4.78, 5) is 26.0. The number of nitrogens with zero attached hydrogens (tertiary/aromatic N) is 1. The van der Waals surface area contributed by atoms with Gasteiger partial charge in [0.25, 0.3) is 0 Å². The van der Waals surface area contributed by atoms with Gasteiger partial charge in [0.15, 0.2) is 5.92 Å². The Morgan fingerprint density at radius 2 is 1.15 bits per heavy atom. The second kappa shape index (κ2) is 19.5. The molecule has 1 atom stereocenters. The van der Waals surface area contributed by atoms with E-state index in [1.165, 1.54) is 51.4 Å². The maximum absolute atomic E-state index is 13.0. The zero-order chi connectivity index (χ0) is 26.0. The molecule has 0 aromatic carbocycles. The van der Waals surface area contributed by atoms with Crippen molar-refractivity contribution >= 4 is 42.0 Å². The summed E-state index contributed by atoms with van der Waals surface area (Å²) in [5.41, 5.74) is 0. The molecule has 5 nitrogen and oxygen atoms in total. The van der Waals surface area contributed by atoms with Gasteiger partial charge in [-0.15, -0.1) is 0 Å². The van der Waals surface area contributed by atoms with Crippen molar-refractivity contribution < 1.29 is 23.0 Å². The number of quaternary nitrogens is 1. The minimum Gasteiger partial charge on any atom is -0.463 e. The van der Waals surface area contributed by atoms with Gasteiger partial charge in [-0.3, -0.25) is 9.59 Å². The van der Waals surface area contributed by atoms with E-state index in [1.807, 2.05) is 0 Å². The highest BCUT2D eigenvalue weighted by molar-refractivity contribution is 7.82. The predicted octanol–water partition coefficient (Wildman–Crippen LogP) is 7.61. The van der Waals surface area contributed by atoms with E-state index in [1.54, 1.807) is 27.7 Å². The van der Waals surface area contributed by atoms with E-state index in [0.29, 0.717) is 4.99 Å². The van der Waals surface area contributed by atoms with Crippen LogP contribution < -0.4 is 0 Å². The molecule has 0 rings (SSSR count). The lowest BCUT2D eigenvalue weighted by Gasteiger charge is -2.34. The molecule has 0 saturated carbocycles. The molecule has 1 unspecified atom stereocenters. The Morgan fingerprint density at radius 3 is 1.56 bits per heavy atom. The molecule has 7 heteroatoms. The van der Waals surface area contributed by atoms with Gasteiger partial charge in [-0.1, -0.05) is 65.2 Å². The average Bonchev–Trinajstić information content (AvgIpc) is 2.75. The number of carbonyl (C=O) groups is 2. The first kappa shape index (κ1) is 33.3. The van der Waals surface area contributed by atoms with E-state index in [9.17, 15) is 9.59 Å². The van der Waals surface area contributed by atoms with Gasteiger partial charge in [0.05, 0.1) is 44.5 Å². The Morgan fingerprint density at radius 1 is 0.735 bits per heavy atom. The number of thiocarbonyl (C=S) groups is 1. The Labute approximate surface area is 220 Å². The Balaban J connectivity index is 5.44. The summed E-state index contributed by atoms with van der Waals surface area (Å²) in [7, 11) is 0. The molecular weight excluding hydrogens is 466 g/mol. The summed E-state index contributed by atoms with van der Waals surface area (Å²) in [6, 6.07) is 0. The average molecular weight is 519 g/mol. The summed E-state index contributed by atoms with van der Waals surface area (Å²) in [5.74, 6) is -1.72. The van der Waals surface area contributed by atoms with Crippen LogP contribution in [-0.4, -0.2) is 46.1 Å². The number of hydrogen-bond acceptors (Lipinski definition) is 6. The van der Waals surface area contributed by atoms with Crippen LogP contribution in [0.1, 0.15) is 125 Å². The van der Waals surface area contributed by atoms with Crippen LogP contribution in [0, 0.1) is 5.92 Å². The molecular formula is C27H52NO4S2+. The Bertz CT molecular complexity index is 565. The maximum atomic E-state index is 13.0. The minimum atomic E-state index is -0.832. The topological polar surface area (TPSA) is 52.6 Å². The van der Waals surface area contributed by atoms with Gasteiger partial charge in [-0.2, -0.15) is 0 Å². The van der Waals surface area contributed by atoms with Crippen LogP contribution in [-0.2, 0) is 19.1 Å². The lowest BCUT2D eigenvalue weighted by Crippen LogP contribution is -2.50. The molecule has 0 aliphatic carbocycles. The summed E-state index contributed by atoms with van der Waals surface area (Å²) in [6.45, 7) is 13.2. The lowest BCUT2D eigenvalue weighted by molar-refractivity contribution is -0.696. The first-order valence-electron chi connectivity index (χ1n) is 13.6. The summed E-state index contributed by atoms with van der Waals surface area (Å²) in [6.07, 6.45) is 13.5. The van der Waals surface area contributed by atoms with E-state index < -0.39 is 17.9 Å². The van der Waals surface area contributed by atoms with E-state index >= 15 is 0 Å². The number of rotatable bonds is 20. The van der Waals surface area contributed by atoms with Gasteiger partial charge in [-0.05, 0) is 65.6 Å². The fraction of sp³-hybridized carbons (Fsp3) is 0.889. The van der Waals surface area contributed by atoms with Crippen molar-refractivity contribution in [3.05, 3.63) is 0 Å². The maximum Gasteiger partial charge on any atom is 0.320 e. The summed E-state index contributed by atoms with van der Waals surface area (Å²) >= 11 is 11.0. The molecule has 0 aromatic heterocycles. The second-order valence-electron chi connectivity index (χ2n) is 10.0. The highest BCUT2D eigenvalue weighted by Gasteiger charge is 2.41.